The van der Waals surface area contributed by atoms with Crippen molar-refractivity contribution in [3.63, 3.8) is 0 Å². The Morgan fingerprint density at radius 3 is 2.77 bits per heavy atom. The van der Waals surface area contributed by atoms with Gasteiger partial charge in [-0.3, -0.25) is 19.9 Å². The average Bonchev–Trinajstić information content (AvgIpc) is 3.12. The van der Waals surface area contributed by atoms with Gasteiger partial charge in [0, 0.05) is 24.8 Å². The zero-order valence-electron chi connectivity index (χ0n) is 18.3. The lowest BCUT2D eigenvalue weighted by Gasteiger charge is -2.35. The highest BCUT2D eigenvalue weighted by Crippen LogP contribution is 2.26. The number of ether oxygens (including phenoxy) is 1. The summed E-state index contributed by atoms with van der Waals surface area (Å²) in [6, 6.07) is 7.51. The van der Waals surface area contributed by atoms with Gasteiger partial charge in [-0.15, -0.1) is 0 Å². The van der Waals surface area contributed by atoms with Crippen LogP contribution in [0.4, 0.5) is 0 Å². The van der Waals surface area contributed by atoms with Gasteiger partial charge in [0.25, 0.3) is 0 Å². The molecule has 8 nitrogen and oxygen atoms in total. The number of nitrogens with one attached hydrogen (secondary N) is 2. The third-order valence-electron chi connectivity index (χ3n) is 5.64. The predicted molar refractivity (Wildman–Crippen MR) is 121 cm³/mol. The number of aromatic amines is 1. The van der Waals surface area contributed by atoms with E-state index in [9.17, 15) is 4.79 Å². The largest absolute Gasteiger partial charge is 0.497 e. The Morgan fingerprint density at radius 2 is 2.06 bits per heavy atom. The second-order valence-corrected chi connectivity index (χ2v) is 9.30. The molecule has 0 saturated carbocycles. The lowest BCUT2D eigenvalue weighted by molar-refractivity contribution is -0.130. The zero-order chi connectivity index (χ0) is 22.1. The number of likely N-dealkylation sites (tertiary alicyclic amines) is 1. The van der Waals surface area contributed by atoms with Gasteiger partial charge in [0.05, 0.1) is 23.9 Å². The van der Waals surface area contributed by atoms with Gasteiger partial charge in [-0.2, -0.15) is 5.10 Å². The van der Waals surface area contributed by atoms with Crippen molar-refractivity contribution in [1.29, 1.82) is 5.41 Å². The third-order valence-corrected chi connectivity index (χ3v) is 6.56. The van der Waals surface area contributed by atoms with Crippen molar-refractivity contribution < 1.29 is 9.53 Å². The number of nitrogens with zero attached hydrogens (tertiary/aromatic N) is 4. The lowest BCUT2D eigenvalue weighted by Crippen LogP contribution is -2.43. The quantitative estimate of drug-likeness (QED) is 0.469. The Morgan fingerprint density at radius 1 is 1.32 bits per heavy atom. The number of aromatic nitrogens is 4. The molecular weight excluding hydrogens is 412 g/mol. The molecule has 1 saturated heterocycles. The standard InChI is InChI=1S/C22H28N6O2S/c1-13-8-14(2)11-27(10-13)18(29)12-31-22-24-21-19(15(3)25-26-21)20(23)28(22)16-6-5-7-17(9-16)30-4/h5-7,9,13-14,23H,8,10-12H2,1-4H3,(H,25,26). The maximum absolute atomic E-state index is 12.9. The molecule has 0 bridgehead atoms. The Bertz CT molecular complexity index is 1160. The van der Waals surface area contributed by atoms with Crippen molar-refractivity contribution in [2.24, 2.45) is 11.8 Å². The summed E-state index contributed by atoms with van der Waals surface area (Å²) in [7, 11) is 1.61. The van der Waals surface area contributed by atoms with Crippen molar-refractivity contribution >= 4 is 28.7 Å². The van der Waals surface area contributed by atoms with Crippen LogP contribution in [0.3, 0.4) is 0 Å². The van der Waals surface area contributed by atoms with E-state index in [0.717, 1.165) is 30.9 Å². The van der Waals surface area contributed by atoms with Gasteiger partial charge in [0.15, 0.2) is 10.8 Å². The first-order valence-corrected chi connectivity index (χ1v) is 11.4. The lowest BCUT2D eigenvalue weighted by atomic mass is 9.92. The minimum atomic E-state index is 0.104. The summed E-state index contributed by atoms with van der Waals surface area (Å²) in [4.78, 5) is 19.6. The summed E-state index contributed by atoms with van der Waals surface area (Å²) >= 11 is 1.34. The van der Waals surface area contributed by atoms with Crippen LogP contribution >= 0.6 is 11.8 Å². The molecule has 2 N–H and O–H groups in total. The van der Waals surface area contributed by atoms with E-state index in [2.05, 4.69) is 29.0 Å². The number of H-pyrrole nitrogens is 1. The number of benzene rings is 1. The number of hydrogen-bond donors (Lipinski definition) is 2. The molecule has 1 amide bonds. The SMILES string of the molecule is COc1cccc(-n2c(SCC(=O)N3CC(C)CC(C)C3)nc3n[nH]c(C)c3c2=N)c1. The van der Waals surface area contributed by atoms with Crippen molar-refractivity contribution in [1.82, 2.24) is 24.6 Å². The first kappa shape index (κ1) is 21.4. The van der Waals surface area contributed by atoms with E-state index in [0.29, 0.717) is 33.8 Å². The molecule has 1 aromatic carbocycles. The van der Waals surface area contributed by atoms with Gasteiger partial charge in [0.2, 0.25) is 5.91 Å². The van der Waals surface area contributed by atoms with Crippen molar-refractivity contribution in [3.05, 3.63) is 35.4 Å². The molecule has 1 aliphatic heterocycles. The zero-order valence-corrected chi connectivity index (χ0v) is 19.1. The number of piperidine rings is 1. The molecule has 164 valence electrons. The molecule has 3 heterocycles. The van der Waals surface area contributed by atoms with Gasteiger partial charge in [0.1, 0.15) is 11.2 Å². The number of fused-ring (bicyclic) bond motifs is 1. The molecule has 2 aromatic heterocycles. The van der Waals surface area contributed by atoms with Crippen LogP contribution in [0.5, 0.6) is 5.75 Å². The number of hydrogen-bond acceptors (Lipinski definition) is 6. The fourth-order valence-corrected chi connectivity index (χ4v) is 5.21. The van der Waals surface area contributed by atoms with Gasteiger partial charge in [-0.25, -0.2) is 4.98 Å². The van der Waals surface area contributed by atoms with Crippen LogP contribution in [-0.4, -0.2) is 56.5 Å². The molecule has 0 radical (unpaired) electrons. The van der Waals surface area contributed by atoms with Crippen LogP contribution in [-0.2, 0) is 4.79 Å². The van der Waals surface area contributed by atoms with E-state index >= 15 is 0 Å². The van der Waals surface area contributed by atoms with E-state index in [4.69, 9.17) is 10.1 Å². The summed E-state index contributed by atoms with van der Waals surface area (Å²) in [5, 5.41) is 17.2. The highest BCUT2D eigenvalue weighted by molar-refractivity contribution is 7.99. The molecule has 3 aromatic rings. The Kier molecular flexibility index (Phi) is 6.04. The Hall–Kier alpha value is -2.81. The fraction of sp³-hybridized carbons (Fsp3) is 0.455. The summed E-state index contributed by atoms with van der Waals surface area (Å²) in [6.45, 7) is 7.87. The fourth-order valence-electron chi connectivity index (χ4n) is 4.30. The van der Waals surface area contributed by atoms with Crippen LogP contribution in [0.2, 0.25) is 0 Å². The number of aryl methyl sites for hydroxylation is 1. The highest BCUT2D eigenvalue weighted by Gasteiger charge is 2.26. The molecule has 1 aliphatic rings. The third kappa shape index (κ3) is 4.32. The summed E-state index contributed by atoms with van der Waals surface area (Å²) in [5.41, 5.74) is 2.30. The summed E-state index contributed by atoms with van der Waals surface area (Å²) in [6.07, 6.45) is 1.16. The Balaban J connectivity index is 1.69. The first-order valence-electron chi connectivity index (χ1n) is 10.4. The topological polar surface area (TPSA) is 99.9 Å². The second-order valence-electron chi connectivity index (χ2n) is 8.36. The van der Waals surface area contributed by atoms with Gasteiger partial charge in [-0.1, -0.05) is 31.7 Å². The van der Waals surface area contributed by atoms with Crippen LogP contribution in [0.1, 0.15) is 26.0 Å². The van der Waals surface area contributed by atoms with E-state index in [-0.39, 0.29) is 17.1 Å². The minimum absolute atomic E-state index is 0.104. The average molecular weight is 441 g/mol. The van der Waals surface area contributed by atoms with E-state index < -0.39 is 0 Å². The number of carbonyl (C=O) groups excluding carboxylic acids is 1. The number of methoxy groups -OCH3 is 1. The summed E-state index contributed by atoms with van der Waals surface area (Å²) < 4.78 is 7.13. The molecule has 2 unspecified atom stereocenters. The normalized spacial score (nSPS) is 19.0. The molecule has 9 heteroatoms. The molecule has 2 atom stereocenters. The molecule has 0 spiro atoms. The Labute approximate surface area is 185 Å². The van der Waals surface area contributed by atoms with Crippen LogP contribution < -0.4 is 10.2 Å². The minimum Gasteiger partial charge on any atom is -0.497 e. The molecule has 0 aliphatic carbocycles. The highest BCUT2D eigenvalue weighted by atomic mass is 32.2. The van der Waals surface area contributed by atoms with E-state index in [1.807, 2.05) is 36.1 Å². The van der Waals surface area contributed by atoms with E-state index in [1.165, 1.54) is 11.8 Å². The van der Waals surface area contributed by atoms with Gasteiger partial charge < -0.3 is 9.64 Å². The van der Waals surface area contributed by atoms with E-state index in [1.54, 1.807) is 11.7 Å². The number of thioether (sulfide) groups is 1. The van der Waals surface area contributed by atoms with Crippen molar-refractivity contribution in [3.8, 4) is 11.4 Å². The number of carbonyl (C=O) groups is 1. The van der Waals surface area contributed by atoms with Gasteiger partial charge in [-0.05, 0) is 37.3 Å². The monoisotopic (exact) mass is 440 g/mol. The summed E-state index contributed by atoms with van der Waals surface area (Å²) in [5.74, 6) is 2.09. The molecule has 1 fully saturated rings. The molecular formula is C22H28N6O2S. The maximum atomic E-state index is 12.9. The maximum Gasteiger partial charge on any atom is 0.233 e. The van der Waals surface area contributed by atoms with Crippen LogP contribution in [0, 0.1) is 24.2 Å². The van der Waals surface area contributed by atoms with Crippen LogP contribution in [0.25, 0.3) is 16.7 Å². The molecule has 31 heavy (non-hydrogen) atoms. The second kappa shape index (κ2) is 8.74. The van der Waals surface area contributed by atoms with Crippen molar-refractivity contribution in [2.45, 2.75) is 32.3 Å². The van der Waals surface area contributed by atoms with Gasteiger partial charge >= 0.3 is 0 Å². The smallest absolute Gasteiger partial charge is 0.233 e. The number of rotatable bonds is 5. The predicted octanol–water partition coefficient (Wildman–Crippen LogP) is 3.14. The molecule has 4 rings (SSSR count). The van der Waals surface area contributed by atoms with Crippen LogP contribution in [0.15, 0.2) is 29.4 Å². The number of amides is 1. The first-order chi connectivity index (χ1) is 14.9. The van der Waals surface area contributed by atoms with Crippen molar-refractivity contribution in [2.75, 3.05) is 26.0 Å².